The van der Waals surface area contributed by atoms with E-state index >= 15 is 0 Å². The van der Waals surface area contributed by atoms with Gasteiger partial charge >= 0.3 is 0 Å². The Balaban J connectivity index is 2.44. The number of benzene rings is 1. The summed E-state index contributed by atoms with van der Waals surface area (Å²) in [6.45, 7) is 0. The second kappa shape index (κ2) is 5.82. The highest BCUT2D eigenvalue weighted by Gasteiger charge is 2.17. The van der Waals surface area contributed by atoms with Gasteiger partial charge in [0, 0.05) is 15.1 Å². The van der Waals surface area contributed by atoms with Gasteiger partial charge in [0.1, 0.15) is 11.4 Å². The molecule has 94 valence electrons. The zero-order valence-electron chi connectivity index (χ0n) is 9.73. The minimum Gasteiger partial charge on any atom is -0.495 e. The molecule has 0 bridgehead atoms. The lowest BCUT2D eigenvalue weighted by atomic mass is 10.0. The van der Waals surface area contributed by atoms with Gasteiger partial charge in [0.15, 0.2) is 0 Å². The molecule has 0 aliphatic carbocycles. The van der Waals surface area contributed by atoms with Crippen LogP contribution >= 0.6 is 31.9 Å². The van der Waals surface area contributed by atoms with Crippen LogP contribution in [0.4, 0.5) is 0 Å². The Morgan fingerprint density at radius 3 is 2.72 bits per heavy atom. The molecule has 0 aliphatic heterocycles. The lowest BCUT2D eigenvalue weighted by Gasteiger charge is -2.16. The highest BCUT2D eigenvalue weighted by atomic mass is 79.9. The number of hydrogen-bond donors (Lipinski definition) is 1. The molecule has 1 heterocycles. The zero-order valence-corrected chi connectivity index (χ0v) is 12.9. The highest BCUT2D eigenvalue weighted by Crippen LogP contribution is 2.31. The van der Waals surface area contributed by atoms with E-state index in [1.807, 2.05) is 30.3 Å². The van der Waals surface area contributed by atoms with E-state index in [0.717, 1.165) is 20.2 Å². The van der Waals surface area contributed by atoms with Gasteiger partial charge in [0.05, 0.1) is 13.2 Å². The van der Waals surface area contributed by atoms with Crippen LogP contribution in [-0.2, 0) is 0 Å². The maximum absolute atomic E-state index is 6.26. The molecular formula is C13H12Br2N2O. The van der Waals surface area contributed by atoms with Crippen LogP contribution in [0, 0.1) is 0 Å². The van der Waals surface area contributed by atoms with Crippen LogP contribution in [0.2, 0.25) is 0 Å². The van der Waals surface area contributed by atoms with E-state index in [1.54, 1.807) is 13.3 Å². The molecule has 0 aliphatic rings. The third-order valence-corrected chi connectivity index (χ3v) is 3.79. The van der Waals surface area contributed by atoms with Gasteiger partial charge in [-0.2, -0.15) is 0 Å². The van der Waals surface area contributed by atoms with Crippen LogP contribution in [0.25, 0.3) is 0 Å². The summed E-state index contributed by atoms with van der Waals surface area (Å²) in [4.78, 5) is 4.31. The number of rotatable bonds is 3. The second-order valence-electron chi connectivity index (χ2n) is 3.73. The first-order valence-corrected chi connectivity index (χ1v) is 6.91. The molecule has 1 aromatic heterocycles. The number of nitrogens with zero attached hydrogens (tertiary/aromatic N) is 1. The number of aromatic nitrogens is 1. The zero-order chi connectivity index (χ0) is 13.1. The fourth-order valence-electron chi connectivity index (χ4n) is 1.71. The molecule has 0 radical (unpaired) electrons. The number of pyridine rings is 1. The van der Waals surface area contributed by atoms with Crippen LogP contribution in [0.1, 0.15) is 17.3 Å². The number of hydrogen-bond acceptors (Lipinski definition) is 3. The number of halogens is 2. The Morgan fingerprint density at radius 2 is 2.06 bits per heavy atom. The van der Waals surface area contributed by atoms with E-state index in [4.69, 9.17) is 10.5 Å². The average molecular weight is 372 g/mol. The summed E-state index contributed by atoms with van der Waals surface area (Å²) in [5, 5.41) is 0. The lowest BCUT2D eigenvalue weighted by Crippen LogP contribution is -2.15. The van der Waals surface area contributed by atoms with Gasteiger partial charge in [-0.3, -0.25) is 4.98 Å². The predicted octanol–water partition coefficient (Wildman–Crippen LogP) is 3.66. The van der Waals surface area contributed by atoms with E-state index < -0.39 is 0 Å². The molecule has 0 saturated carbocycles. The van der Waals surface area contributed by atoms with Crippen molar-refractivity contribution in [2.45, 2.75) is 6.04 Å². The van der Waals surface area contributed by atoms with Gasteiger partial charge in [-0.15, -0.1) is 0 Å². The monoisotopic (exact) mass is 370 g/mol. The molecule has 1 atom stereocenters. The summed E-state index contributed by atoms with van der Waals surface area (Å²) in [7, 11) is 1.61. The summed E-state index contributed by atoms with van der Waals surface area (Å²) >= 11 is 6.93. The average Bonchev–Trinajstić information content (AvgIpc) is 2.38. The van der Waals surface area contributed by atoms with Gasteiger partial charge in [0.2, 0.25) is 0 Å². The van der Waals surface area contributed by atoms with E-state index in [2.05, 4.69) is 36.8 Å². The van der Waals surface area contributed by atoms with Gasteiger partial charge in [-0.1, -0.05) is 37.9 Å². The van der Waals surface area contributed by atoms with Crippen LogP contribution in [0.3, 0.4) is 0 Å². The van der Waals surface area contributed by atoms with Crippen molar-refractivity contribution in [2.75, 3.05) is 7.11 Å². The molecule has 5 heteroatoms. The molecular weight excluding hydrogens is 360 g/mol. The molecule has 0 fully saturated rings. The third-order valence-electron chi connectivity index (χ3n) is 2.61. The summed E-state index contributed by atoms with van der Waals surface area (Å²) in [6, 6.07) is 9.23. The van der Waals surface area contributed by atoms with Crippen molar-refractivity contribution in [3.63, 3.8) is 0 Å². The topological polar surface area (TPSA) is 48.1 Å². The first-order valence-electron chi connectivity index (χ1n) is 5.33. The van der Waals surface area contributed by atoms with E-state index in [0.29, 0.717) is 5.75 Å². The van der Waals surface area contributed by atoms with Gasteiger partial charge in [-0.05, 0) is 29.8 Å². The Kier molecular flexibility index (Phi) is 4.37. The predicted molar refractivity (Wildman–Crippen MR) is 78.7 cm³/mol. The lowest BCUT2D eigenvalue weighted by molar-refractivity contribution is 0.404. The molecule has 0 amide bonds. The van der Waals surface area contributed by atoms with Crippen LogP contribution in [-0.4, -0.2) is 12.1 Å². The van der Waals surface area contributed by atoms with E-state index in [1.165, 1.54) is 0 Å². The summed E-state index contributed by atoms with van der Waals surface area (Å²) in [5.41, 5.74) is 7.95. The Labute approximate surface area is 123 Å². The van der Waals surface area contributed by atoms with Crippen molar-refractivity contribution in [3.8, 4) is 5.75 Å². The van der Waals surface area contributed by atoms with Crippen molar-refractivity contribution in [3.05, 3.63) is 56.7 Å². The van der Waals surface area contributed by atoms with Crippen molar-refractivity contribution in [1.29, 1.82) is 0 Å². The van der Waals surface area contributed by atoms with E-state index in [-0.39, 0.29) is 6.04 Å². The molecule has 18 heavy (non-hydrogen) atoms. The van der Waals surface area contributed by atoms with Crippen LogP contribution < -0.4 is 10.5 Å². The maximum atomic E-state index is 6.26. The second-order valence-corrected chi connectivity index (χ2v) is 5.50. The number of methoxy groups -OCH3 is 1. The molecule has 2 N–H and O–H groups in total. The Bertz CT molecular complexity index is 560. The fraction of sp³-hybridized carbons (Fsp3) is 0.154. The minimum absolute atomic E-state index is 0.330. The summed E-state index contributed by atoms with van der Waals surface area (Å²) < 4.78 is 7.22. The van der Waals surface area contributed by atoms with Crippen molar-refractivity contribution in [2.24, 2.45) is 5.73 Å². The molecule has 2 rings (SSSR count). The van der Waals surface area contributed by atoms with Crippen LogP contribution in [0.15, 0.2) is 45.5 Å². The maximum Gasteiger partial charge on any atom is 0.142 e. The largest absolute Gasteiger partial charge is 0.495 e. The molecule has 0 spiro atoms. The molecule has 2 aromatic rings. The van der Waals surface area contributed by atoms with E-state index in [9.17, 15) is 0 Å². The van der Waals surface area contributed by atoms with Crippen molar-refractivity contribution < 1.29 is 4.74 Å². The number of nitrogens with two attached hydrogens (primary N) is 1. The molecule has 3 nitrogen and oxygen atoms in total. The standard InChI is InChI=1S/C13H12Br2N2O/c1-18-11-3-2-6-17-13(11)12(16)9-5-4-8(14)7-10(9)15/h2-7,12H,16H2,1H3. The number of ether oxygens (including phenoxy) is 1. The Morgan fingerprint density at radius 1 is 1.28 bits per heavy atom. The molecule has 0 saturated heterocycles. The normalized spacial score (nSPS) is 12.2. The van der Waals surface area contributed by atoms with Crippen molar-refractivity contribution in [1.82, 2.24) is 4.98 Å². The smallest absolute Gasteiger partial charge is 0.142 e. The highest BCUT2D eigenvalue weighted by molar-refractivity contribution is 9.11. The van der Waals surface area contributed by atoms with Crippen LogP contribution in [0.5, 0.6) is 5.75 Å². The summed E-state index contributed by atoms with van der Waals surface area (Å²) in [5.74, 6) is 0.694. The molecule has 1 unspecified atom stereocenters. The first-order chi connectivity index (χ1) is 8.63. The van der Waals surface area contributed by atoms with Crippen molar-refractivity contribution >= 4 is 31.9 Å². The van der Waals surface area contributed by atoms with Gasteiger partial charge in [0.25, 0.3) is 0 Å². The molecule has 1 aromatic carbocycles. The Hall–Kier alpha value is -0.910. The summed E-state index contributed by atoms with van der Waals surface area (Å²) in [6.07, 6.45) is 1.71. The first kappa shape index (κ1) is 13.5. The minimum atomic E-state index is -0.330. The SMILES string of the molecule is COc1cccnc1C(N)c1ccc(Br)cc1Br. The fourth-order valence-corrected chi connectivity index (χ4v) is 3.00. The third kappa shape index (κ3) is 2.74. The van der Waals surface area contributed by atoms with Gasteiger partial charge in [-0.25, -0.2) is 0 Å². The quantitative estimate of drug-likeness (QED) is 0.895. The van der Waals surface area contributed by atoms with Gasteiger partial charge < -0.3 is 10.5 Å².